The summed E-state index contributed by atoms with van der Waals surface area (Å²) in [5.74, 6) is 0. The Morgan fingerprint density at radius 2 is 0.831 bits per heavy atom. The summed E-state index contributed by atoms with van der Waals surface area (Å²) in [5.41, 5.74) is 13.7. The Kier molecular flexibility index (Phi) is 7.54. The summed E-state index contributed by atoms with van der Waals surface area (Å²) >= 11 is 0. The zero-order chi connectivity index (χ0) is 38.9. The van der Waals surface area contributed by atoms with Crippen LogP contribution in [0.1, 0.15) is 0 Å². The van der Waals surface area contributed by atoms with Crippen LogP contribution in [0, 0.1) is 0 Å². The molecule has 2 aromatic heterocycles. The molecule has 0 N–H and O–H groups in total. The van der Waals surface area contributed by atoms with Gasteiger partial charge in [-0.15, -0.1) is 0 Å². The zero-order valence-corrected chi connectivity index (χ0v) is 32.0. The molecule has 3 heteroatoms. The molecule has 0 aliphatic heterocycles. The first-order chi connectivity index (χ1) is 29.2. The first-order valence-electron chi connectivity index (χ1n) is 20.1. The largest absolute Gasteiger partial charge is 0.456 e. The first kappa shape index (κ1) is 33.3. The molecule has 0 atom stereocenters. The second-order valence-corrected chi connectivity index (χ2v) is 15.3. The Morgan fingerprint density at radius 1 is 0.305 bits per heavy atom. The van der Waals surface area contributed by atoms with E-state index in [0.717, 1.165) is 88.4 Å². The lowest BCUT2D eigenvalue weighted by Gasteiger charge is -2.26. The standard InChI is InChI=1S/C56H35NO2/c1-3-12-45-39(9-1)11-7-15-46(45)41-21-19-36(20-22-41)37-23-29-43(30-24-37)57(51-16-8-18-53-55(51)50-34-27-40-10-2-4-13-47(40)56(50)59-53)44-31-25-38(26-32-44)42-28-33-49-48-14-5-6-17-52(48)58-54(49)35-42/h1-35H. The van der Waals surface area contributed by atoms with Crippen molar-refractivity contribution < 1.29 is 8.83 Å². The van der Waals surface area contributed by atoms with Gasteiger partial charge in [0, 0.05) is 32.9 Å². The van der Waals surface area contributed by atoms with Gasteiger partial charge in [0.15, 0.2) is 0 Å². The van der Waals surface area contributed by atoms with Crippen molar-refractivity contribution in [2.24, 2.45) is 0 Å². The van der Waals surface area contributed by atoms with Crippen LogP contribution in [0.15, 0.2) is 221 Å². The number of rotatable bonds is 6. The van der Waals surface area contributed by atoms with E-state index in [1.165, 1.54) is 27.5 Å². The van der Waals surface area contributed by atoms with Gasteiger partial charge in [-0.2, -0.15) is 0 Å². The van der Waals surface area contributed by atoms with Crippen LogP contribution in [0.3, 0.4) is 0 Å². The summed E-state index contributed by atoms with van der Waals surface area (Å²) in [5, 5.41) is 9.23. The molecule has 0 aliphatic rings. The van der Waals surface area contributed by atoms with E-state index in [-0.39, 0.29) is 0 Å². The van der Waals surface area contributed by atoms with E-state index in [0.29, 0.717) is 0 Å². The van der Waals surface area contributed by atoms with Gasteiger partial charge in [0.1, 0.15) is 22.3 Å². The van der Waals surface area contributed by atoms with E-state index in [1.54, 1.807) is 0 Å². The predicted octanol–water partition coefficient (Wildman–Crippen LogP) is 16.3. The van der Waals surface area contributed by atoms with Crippen LogP contribution in [0.25, 0.3) is 98.8 Å². The van der Waals surface area contributed by atoms with Crippen molar-refractivity contribution >= 4 is 82.5 Å². The number of furan rings is 2. The average Bonchev–Trinajstić information content (AvgIpc) is 3.88. The lowest BCUT2D eigenvalue weighted by atomic mass is 9.96. The van der Waals surface area contributed by atoms with E-state index < -0.39 is 0 Å². The third-order valence-electron chi connectivity index (χ3n) is 11.9. The topological polar surface area (TPSA) is 29.5 Å². The molecule has 0 saturated carbocycles. The Labute approximate surface area is 340 Å². The summed E-state index contributed by atoms with van der Waals surface area (Å²) in [7, 11) is 0. The molecule has 0 bridgehead atoms. The van der Waals surface area contributed by atoms with Crippen LogP contribution >= 0.6 is 0 Å². The van der Waals surface area contributed by atoms with E-state index in [9.17, 15) is 0 Å². The monoisotopic (exact) mass is 753 g/mol. The summed E-state index contributed by atoms with van der Waals surface area (Å²) in [6.45, 7) is 0. The molecule has 2 heterocycles. The minimum absolute atomic E-state index is 0.859. The number of para-hydroxylation sites is 1. The van der Waals surface area contributed by atoms with Gasteiger partial charge in [0.05, 0.1) is 11.1 Å². The van der Waals surface area contributed by atoms with Crippen molar-refractivity contribution in [3.63, 3.8) is 0 Å². The lowest BCUT2D eigenvalue weighted by molar-refractivity contribution is 0.669. The van der Waals surface area contributed by atoms with Crippen LogP contribution in [-0.4, -0.2) is 0 Å². The molecule has 276 valence electrons. The first-order valence-corrected chi connectivity index (χ1v) is 20.1. The van der Waals surface area contributed by atoms with Crippen molar-refractivity contribution in [1.29, 1.82) is 0 Å². The van der Waals surface area contributed by atoms with Crippen molar-refractivity contribution in [3.8, 4) is 33.4 Å². The zero-order valence-electron chi connectivity index (χ0n) is 32.0. The molecule has 12 aromatic rings. The highest BCUT2D eigenvalue weighted by atomic mass is 16.3. The molecule has 0 amide bonds. The summed E-state index contributed by atoms with van der Waals surface area (Å²) in [6, 6.07) is 75.7. The molecule has 0 radical (unpaired) electrons. The van der Waals surface area contributed by atoms with Gasteiger partial charge >= 0.3 is 0 Å². The van der Waals surface area contributed by atoms with Gasteiger partial charge < -0.3 is 13.7 Å². The number of benzene rings is 10. The fourth-order valence-electron chi connectivity index (χ4n) is 8.98. The number of anilines is 3. The molecule has 0 fully saturated rings. The molecule has 0 spiro atoms. The van der Waals surface area contributed by atoms with Crippen molar-refractivity contribution in [3.05, 3.63) is 212 Å². The summed E-state index contributed by atoms with van der Waals surface area (Å²) in [4.78, 5) is 2.35. The van der Waals surface area contributed by atoms with Gasteiger partial charge in [-0.05, 0) is 110 Å². The van der Waals surface area contributed by atoms with Crippen molar-refractivity contribution in [1.82, 2.24) is 0 Å². The number of fused-ring (bicyclic) bond motifs is 9. The quantitative estimate of drug-likeness (QED) is 0.169. The maximum atomic E-state index is 6.67. The third-order valence-corrected chi connectivity index (χ3v) is 11.9. The minimum atomic E-state index is 0.859. The molecule has 0 aliphatic carbocycles. The molecule has 12 rings (SSSR count). The smallest absolute Gasteiger partial charge is 0.143 e. The molecular weight excluding hydrogens is 719 g/mol. The van der Waals surface area contributed by atoms with Crippen LogP contribution in [0.2, 0.25) is 0 Å². The lowest BCUT2D eigenvalue weighted by Crippen LogP contribution is -2.10. The van der Waals surface area contributed by atoms with E-state index >= 15 is 0 Å². The van der Waals surface area contributed by atoms with Crippen LogP contribution in [0.4, 0.5) is 17.1 Å². The van der Waals surface area contributed by atoms with Crippen LogP contribution in [0.5, 0.6) is 0 Å². The molecule has 10 aromatic carbocycles. The summed E-state index contributed by atoms with van der Waals surface area (Å²) in [6.07, 6.45) is 0. The van der Waals surface area contributed by atoms with Gasteiger partial charge in [-0.1, -0.05) is 152 Å². The number of hydrogen-bond acceptors (Lipinski definition) is 3. The van der Waals surface area contributed by atoms with Gasteiger partial charge in [0.2, 0.25) is 0 Å². The van der Waals surface area contributed by atoms with Crippen LogP contribution < -0.4 is 4.90 Å². The highest BCUT2D eigenvalue weighted by Crippen LogP contribution is 2.45. The molecule has 0 unspecified atom stereocenters. The van der Waals surface area contributed by atoms with Gasteiger partial charge in [-0.3, -0.25) is 0 Å². The molecule has 59 heavy (non-hydrogen) atoms. The fourth-order valence-corrected chi connectivity index (χ4v) is 8.98. The van der Waals surface area contributed by atoms with Crippen LogP contribution in [-0.2, 0) is 0 Å². The predicted molar refractivity (Wildman–Crippen MR) is 247 cm³/mol. The fraction of sp³-hybridized carbons (Fsp3) is 0. The Hall–Kier alpha value is -7.88. The maximum Gasteiger partial charge on any atom is 0.143 e. The van der Waals surface area contributed by atoms with Crippen molar-refractivity contribution in [2.45, 2.75) is 0 Å². The van der Waals surface area contributed by atoms with E-state index in [2.05, 4.69) is 205 Å². The Balaban J connectivity index is 0.957. The third kappa shape index (κ3) is 5.51. The average molecular weight is 754 g/mol. The molecule has 0 saturated heterocycles. The summed E-state index contributed by atoms with van der Waals surface area (Å²) < 4.78 is 12.9. The highest BCUT2D eigenvalue weighted by Gasteiger charge is 2.21. The second kappa shape index (κ2) is 13.4. The highest BCUT2D eigenvalue weighted by molar-refractivity contribution is 6.19. The van der Waals surface area contributed by atoms with Gasteiger partial charge in [-0.25, -0.2) is 0 Å². The molecule has 3 nitrogen and oxygen atoms in total. The minimum Gasteiger partial charge on any atom is -0.456 e. The van der Waals surface area contributed by atoms with Crippen molar-refractivity contribution in [2.75, 3.05) is 4.90 Å². The van der Waals surface area contributed by atoms with Gasteiger partial charge in [0.25, 0.3) is 0 Å². The number of hydrogen-bond donors (Lipinski definition) is 0. The Morgan fingerprint density at radius 3 is 1.59 bits per heavy atom. The molecular formula is C56H35NO2. The normalized spacial score (nSPS) is 11.7. The Bertz CT molecular complexity index is 3530. The van der Waals surface area contributed by atoms with E-state index in [1.807, 2.05) is 12.1 Å². The second-order valence-electron chi connectivity index (χ2n) is 15.3. The van der Waals surface area contributed by atoms with E-state index in [4.69, 9.17) is 8.83 Å². The maximum absolute atomic E-state index is 6.67. The number of nitrogens with zero attached hydrogens (tertiary/aromatic N) is 1. The SMILES string of the molecule is c1ccc2c(-c3ccc(-c4ccc(N(c5ccc(-c6ccc7c(c6)oc6ccccc67)cc5)c5cccc6oc7c8ccccc8ccc7c56)cc4)cc3)cccc2c1.